The first kappa shape index (κ1) is 22.7. The van der Waals surface area contributed by atoms with E-state index in [0.717, 1.165) is 60.3 Å². The number of nitrogens with zero attached hydrogens (tertiary/aromatic N) is 4. The van der Waals surface area contributed by atoms with Gasteiger partial charge in [-0.05, 0) is 46.8 Å². The smallest absolute Gasteiger partial charge is 0.159 e. The number of hydrogen-bond acceptors (Lipinski definition) is 4. The Labute approximate surface area is 227 Å². The van der Waals surface area contributed by atoms with Gasteiger partial charge in [-0.15, -0.1) is 0 Å². The molecule has 1 aromatic heterocycles. The van der Waals surface area contributed by atoms with Crippen LogP contribution in [0.2, 0.25) is 0 Å². The molecule has 2 heterocycles. The third-order valence-corrected chi connectivity index (χ3v) is 8.31. The number of halogens is 1. The molecule has 180 valence electrons. The molecule has 1 N–H and O–H groups in total. The van der Waals surface area contributed by atoms with Gasteiger partial charge < -0.3 is 5.11 Å². The molecule has 0 bridgehead atoms. The predicted octanol–water partition coefficient (Wildman–Crippen LogP) is 6.83. The fraction of sp³-hybridized carbons (Fsp3) is 0.0938. The molecule has 2 aliphatic rings. The number of rotatable bonds is 2. The van der Waals surface area contributed by atoms with E-state index in [1.54, 1.807) is 0 Å². The molecule has 1 aliphatic heterocycles. The van der Waals surface area contributed by atoms with Crippen LogP contribution in [-0.4, -0.2) is 14.7 Å². The Hall–Kier alpha value is -4.49. The Morgan fingerprint density at radius 3 is 2.32 bits per heavy atom. The van der Waals surface area contributed by atoms with Crippen molar-refractivity contribution in [2.45, 2.75) is 18.6 Å². The highest BCUT2D eigenvalue weighted by Gasteiger charge is 2.35. The molecule has 0 spiro atoms. The molecule has 6 heteroatoms. The first-order valence-corrected chi connectivity index (χ1v) is 13.1. The van der Waals surface area contributed by atoms with Gasteiger partial charge >= 0.3 is 0 Å². The molecule has 1 aliphatic carbocycles. The van der Waals surface area contributed by atoms with Crippen LogP contribution in [0.1, 0.15) is 51.4 Å². The monoisotopic (exact) mass is 554 g/mol. The van der Waals surface area contributed by atoms with Crippen LogP contribution >= 0.6 is 15.9 Å². The topological polar surface area (TPSA) is 85.6 Å². The van der Waals surface area contributed by atoms with E-state index in [-0.39, 0.29) is 5.92 Å². The number of imidazole rings is 1. The zero-order valence-electron chi connectivity index (χ0n) is 20.1. The second-order valence-corrected chi connectivity index (χ2v) is 10.5. The summed E-state index contributed by atoms with van der Waals surface area (Å²) in [6.07, 6.45) is 2.02. The van der Waals surface area contributed by atoms with Gasteiger partial charge in [0.1, 0.15) is 5.82 Å². The van der Waals surface area contributed by atoms with E-state index in [9.17, 15) is 15.6 Å². The lowest BCUT2D eigenvalue weighted by atomic mass is 9.83. The SMILES string of the molecule is N#Cc1ccc(C2=CC(c3ccc(C#N)cc3)Cc3c2nc2n3C(O)c3ccc(Br)c4cccc-2c34)cc1. The number of aliphatic hydroxyl groups is 1. The van der Waals surface area contributed by atoms with Crippen molar-refractivity contribution in [2.24, 2.45) is 0 Å². The zero-order valence-corrected chi connectivity index (χ0v) is 21.6. The van der Waals surface area contributed by atoms with Crippen molar-refractivity contribution in [2.75, 3.05) is 0 Å². The van der Waals surface area contributed by atoms with Gasteiger partial charge in [0.05, 0.1) is 29.0 Å². The van der Waals surface area contributed by atoms with Crippen molar-refractivity contribution in [3.8, 4) is 23.5 Å². The van der Waals surface area contributed by atoms with E-state index < -0.39 is 6.23 Å². The second kappa shape index (κ2) is 8.53. The summed E-state index contributed by atoms with van der Waals surface area (Å²) in [4.78, 5) is 5.16. The van der Waals surface area contributed by atoms with Crippen LogP contribution in [0.15, 0.2) is 89.4 Å². The first-order chi connectivity index (χ1) is 18.6. The van der Waals surface area contributed by atoms with Gasteiger partial charge in [-0.25, -0.2) is 4.98 Å². The largest absolute Gasteiger partial charge is 0.369 e. The van der Waals surface area contributed by atoms with Gasteiger partial charge in [0.15, 0.2) is 6.23 Å². The summed E-state index contributed by atoms with van der Waals surface area (Å²) in [5.74, 6) is 0.773. The van der Waals surface area contributed by atoms with Crippen LogP contribution in [0.5, 0.6) is 0 Å². The number of aliphatic hydroxyl groups excluding tert-OH is 1. The Morgan fingerprint density at radius 1 is 0.895 bits per heavy atom. The van der Waals surface area contributed by atoms with Gasteiger partial charge in [0, 0.05) is 44.6 Å². The van der Waals surface area contributed by atoms with Crippen LogP contribution < -0.4 is 0 Å². The molecule has 0 amide bonds. The lowest BCUT2D eigenvalue weighted by molar-refractivity contribution is 0.144. The molecule has 5 nitrogen and oxygen atoms in total. The summed E-state index contributed by atoms with van der Waals surface area (Å²) in [6, 6.07) is 29.7. The van der Waals surface area contributed by atoms with Crippen molar-refractivity contribution in [3.05, 3.63) is 129 Å². The number of nitriles is 2. The average molecular weight is 555 g/mol. The van der Waals surface area contributed by atoms with E-state index in [1.165, 1.54) is 0 Å². The standard InChI is InChI=1S/C32H19BrN4O/c33-27-13-12-25-29-23(27)2-1-3-24(29)31-36-30-26(21-10-6-19(17-35)7-11-21)14-22(15-28(30)37(31)32(25)38)20-8-4-18(16-34)5-9-20/h1-14,22,32,38H,15H2. The zero-order chi connectivity index (χ0) is 26.0. The molecule has 2 atom stereocenters. The molecule has 0 fully saturated rings. The van der Waals surface area contributed by atoms with E-state index in [0.29, 0.717) is 17.5 Å². The Balaban J connectivity index is 1.47. The minimum atomic E-state index is -0.867. The number of hydrogen-bond donors (Lipinski definition) is 1. The summed E-state index contributed by atoms with van der Waals surface area (Å²) < 4.78 is 2.96. The number of allylic oxidation sites excluding steroid dienone is 1. The van der Waals surface area contributed by atoms with Crippen LogP contribution in [-0.2, 0) is 6.42 Å². The van der Waals surface area contributed by atoms with Crippen LogP contribution in [0.25, 0.3) is 27.7 Å². The highest BCUT2D eigenvalue weighted by molar-refractivity contribution is 9.10. The number of fused-ring (bicyclic) bond motifs is 4. The van der Waals surface area contributed by atoms with Crippen LogP contribution in [0.3, 0.4) is 0 Å². The summed E-state index contributed by atoms with van der Waals surface area (Å²) in [5, 5.41) is 32.4. The summed E-state index contributed by atoms with van der Waals surface area (Å²) in [7, 11) is 0. The van der Waals surface area contributed by atoms with E-state index in [2.05, 4.69) is 46.3 Å². The molecular formula is C32H19BrN4O. The summed E-state index contributed by atoms with van der Waals surface area (Å²) >= 11 is 3.67. The molecule has 38 heavy (non-hydrogen) atoms. The van der Waals surface area contributed by atoms with Crippen molar-refractivity contribution >= 4 is 32.3 Å². The lowest BCUT2D eigenvalue weighted by Crippen LogP contribution is -2.21. The number of benzene rings is 4. The normalized spacial score (nSPS) is 17.2. The first-order valence-electron chi connectivity index (χ1n) is 12.3. The highest BCUT2D eigenvalue weighted by Crippen LogP contribution is 2.47. The number of aromatic nitrogens is 2. The van der Waals surface area contributed by atoms with E-state index in [1.807, 2.05) is 71.3 Å². The van der Waals surface area contributed by atoms with Gasteiger partial charge in [0.2, 0.25) is 0 Å². The molecule has 5 aromatic rings. The van der Waals surface area contributed by atoms with Gasteiger partial charge in [-0.1, -0.05) is 70.5 Å². The van der Waals surface area contributed by atoms with Crippen LogP contribution in [0, 0.1) is 22.7 Å². The minimum absolute atomic E-state index is 0.0241. The van der Waals surface area contributed by atoms with Crippen molar-refractivity contribution in [1.29, 1.82) is 10.5 Å². The maximum atomic E-state index is 11.7. The van der Waals surface area contributed by atoms with Crippen molar-refractivity contribution in [3.63, 3.8) is 0 Å². The fourth-order valence-electron chi connectivity index (χ4n) is 5.79. The average Bonchev–Trinajstić information content (AvgIpc) is 3.36. The van der Waals surface area contributed by atoms with E-state index in [4.69, 9.17) is 4.98 Å². The lowest BCUT2D eigenvalue weighted by Gasteiger charge is -2.29. The Kier molecular flexibility index (Phi) is 5.09. The molecule has 4 aromatic carbocycles. The second-order valence-electron chi connectivity index (χ2n) is 9.65. The molecule has 0 radical (unpaired) electrons. The fourth-order valence-corrected chi connectivity index (χ4v) is 6.26. The van der Waals surface area contributed by atoms with Crippen LogP contribution in [0.4, 0.5) is 0 Å². The molecule has 0 saturated heterocycles. The maximum absolute atomic E-state index is 11.7. The third kappa shape index (κ3) is 3.28. The summed E-state index contributed by atoms with van der Waals surface area (Å²) in [6.45, 7) is 0. The molecular weight excluding hydrogens is 536 g/mol. The minimum Gasteiger partial charge on any atom is -0.369 e. The quantitative estimate of drug-likeness (QED) is 0.259. The third-order valence-electron chi connectivity index (χ3n) is 7.62. The summed E-state index contributed by atoms with van der Waals surface area (Å²) in [5.41, 5.74) is 7.91. The highest BCUT2D eigenvalue weighted by atomic mass is 79.9. The van der Waals surface area contributed by atoms with Gasteiger partial charge in [-0.3, -0.25) is 4.57 Å². The predicted molar refractivity (Wildman–Crippen MR) is 149 cm³/mol. The van der Waals surface area contributed by atoms with Crippen molar-refractivity contribution < 1.29 is 5.11 Å². The maximum Gasteiger partial charge on any atom is 0.159 e. The van der Waals surface area contributed by atoms with E-state index >= 15 is 0 Å². The van der Waals surface area contributed by atoms with Gasteiger partial charge in [-0.2, -0.15) is 10.5 Å². The molecule has 7 rings (SSSR count). The Morgan fingerprint density at radius 2 is 1.61 bits per heavy atom. The molecule has 0 saturated carbocycles. The molecule has 2 unspecified atom stereocenters. The van der Waals surface area contributed by atoms with Gasteiger partial charge in [0.25, 0.3) is 0 Å². The Bertz CT molecular complexity index is 1890. The van der Waals surface area contributed by atoms with Crippen molar-refractivity contribution in [1.82, 2.24) is 9.55 Å².